The van der Waals surface area contributed by atoms with Crippen molar-refractivity contribution in [3.8, 4) is 11.8 Å². The van der Waals surface area contributed by atoms with Crippen LogP contribution in [0.5, 0.6) is 5.75 Å². The highest BCUT2D eigenvalue weighted by molar-refractivity contribution is 6.32. The number of benzene rings is 2. The molecule has 0 bridgehead atoms. The number of ether oxygens (including phenoxy) is 1. The fourth-order valence-electron chi connectivity index (χ4n) is 2.87. The van der Waals surface area contributed by atoms with Crippen LogP contribution in [-0.4, -0.2) is 33.3 Å². The Balaban J connectivity index is 1.68. The summed E-state index contributed by atoms with van der Waals surface area (Å²) in [5, 5.41) is 9.41. The van der Waals surface area contributed by atoms with Gasteiger partial charge in [-0.3, -0.25) is 0 Å². The SMILES string of the molecule is COc1ccc(N2CCN(c3ccc(C#N)c(Cl)c3)CC2)cc1F. The fraction of sp³-hybridized carbons (Fsp3) is 0.278. The van der Waals surface area contributed by atoms with Crippen LogP contribution in [0.25, 0.3) is 0 Å². The van der Waals surface area contributed by atoms with Crippen LogP contribution in [0.3, 0.4) is 0 Å². The molecule has 1 aliphatic heterocycles. The van der Waals surface area contributed by atoms with Gasteiger partial charge in [-0.15, -0.1) is 0 Å². The van der Waals surface area contributed by atoms with Crippen LogP contribution < -0.4 is 14.5 Å². The Bertz CT molecular complexity index is 782. The Morgan fingerprint density at radius 1 is 1.04 bits per heavy atom. The average molecular weight is 346 g/mol. The van der Waals surface area contributed by atoms with Gasteiger partial charge in [0.05, 0.1) is 17.7 Å². The van der Waals surface area contributed by atoms with Crippen LogP contribution in [0.4, 0.5) is 15.8 Å². The van der Waals surface area contributed by atoms with Crippen molar-refractivity contribution in [3.05, 3.63) is 52.8 Å². The molecule has 0 amide bonds. The van der Waals surface area contributed by atoms with E-state index in [1.54, 1.807) is 12.1 Å². The first-order valence-electron chi connectivity index (χ1n) is 7.65. The molecule has 124 valence electrons. The normalized spacial score (nSPS) is 14.4. The first kappa shape index (κ1) is 16.4. The summed E-state index contributed by atoms with van der Waals surface area (Å²) >= 11 is 6.11. The van der Waals surface area contributed by atoms with Crippen molar-refractivity contribution < 1.29 is 9.13 Å². The van der Waals surface area contributed by atoms with E-state index in [4.69, 9.17) is 21.6 Å². The molecule has 1 fully saturated rings. The van der Waals surface area contributed by atoms with Gasteiger partial charge >= 0.3 is 0 Å². The van der Waals surface area contributed by atoms with E-state index in [-0.39, 0.29) is 11.6 Å². The molecule has 6 heteroatoms. The first-order chi connectivity index (χ1) is 11.6. The molecule has 4 nitrogen and oxygen atoms in total. The molecule has 0 N–H and O–H groups in total. The Morgan fingerprint density at radius 2 is 1.62 bits per heavy atom. The lowest BCUT2D eigenvalue weighted by molar-refractivity contribution is 0.386. The van der Waals surface area contributed by atoms with Crippen molar-refractivity contribution in [1.82, 2.24) is 0 Å². The highest BCUT2D eigenvalue weighted by atomic mass is 35.5. The molecule has 0 atom stereocenters. The van der Waals surface area contributed by atoms with Crippen LogP contribution in [0.1, 0.15) is 5.56 Å². The summed E-state index contributed by atoms with van der Waals surface area (Å²) in [5.74, 6) is -0.0964. The average Bonchev–Trinajstić information content (AvgIpc) is 2.61. The maximum Gasteiger partial charge on any atom is 0.167 e. The summed E-state index contributed by atoms with van der Waals surface area (Å²) in [6, 6.07) is 12.6. The molecule has 2 aromatic carbocycles. The third kappa shape index (κ3) is 3.24. The molecule has 3 rings (SSSR count). The first-order valence-corrected chi connectivity index (χ1v) is 8.03. The lowest BCUT2D eigenvalue weighted by Crippen LogP contribution is -2.46. The number of anilines is 2. The molecule has 0 saturated carbocycles. The molecular formula is C18H17ClFN3O. The fourth-order valence-corrected chi connectivity index (χ4v) is 3.08. The summed E-state index contributed by atoms with van der Waals surface area (Å²) in [6.07, 6.45) is 0. The number of methoxy groups -OCH3 is 1. The van der Waals surface area contributed by atoms with Gasteiger partial charge in [0.25, 0.3) is 0 Å². The third-order valence-corrected chi connectivity index (χ3v) is 4.53. The number of nitrogens with zero attached hydrogens (tertiary/aromatic N) is 3. The summed E-state index contributed by atoms with van der Waals surface area (Å²) in [7, 11) is 1.46. The Morgan fingerprint density at radius 3 is 2.12 bits per heavy atom. The predicted octanol–water partition coefficient (Wildman–Crippen LogP) is 3.69. The van der Waals surface area contributed by atoms with Crippen LogP contribution >= 0.6 is 11.6 Å². The third-order valence-electron chi connectivity index (χ3n) is 4.22. The van der Waals surface area contributed by atoms with E-state index < -0.39 is 0 Å². The standard InChI is InChI=1S/C18H17ClFN3O/c1-24-18-5-4-15(11-17(18)20)23-8-6-22(7-9-23)14-3-2-13(12-21)16(19)10-14/h2-5,10-11H,6-9H2,1H3. The highest BCUT2D eigenvalue weighted by Crippen LogP contribution is 2.27. The van der Waals surface area contributed by atoms with Gasteiger partial charge in [-0.1, -0.05) is 11.6 Å². The minimum Gasteiger partial charge on any atom is -0.494 e. The molecule has 24 heavy (non-hydrogen) atoms. The van der Waals surface area contributed by atoms with E-state index in [1.165, 1.54) is 13.2 Å². The van der Waals surface area contributed by atoms with Crippen molar-refractivity contribution in [2.45, 2.75) is 0 Å². The quantitative estimate of drug-likeness (QED) is 0.850. The molecule has 2 aromatic rings. The van der Waals surface area contributed by atoms with Gasteiger partial charge in [0, 0.05) is 43.6 Å². The second-order valence-electron chi connectivity index (χ2n) is 5.57. The number of rotatable bonds is 3. The molecule has 1 saturated heterocycles. The van der Waals surface area contributed by atoms with Gasteiger partial charge in [0.2, 0.25) is 0 Å². The van der Waals surface area contributed by atoms with E-state index in [9.17, 15) is 4.39 Å². The zero-order valence-electron chi connectivity index (χ0n) is 13.3. The monoisotopic (exact) mass is 345 g/mol. The summed E-state index contributed by atoms with van der Waals surface area (Å²) in [4.78, 5) is 4.35. The molecule has 0 aliphatic carbocycles. The van der Waals surface area contributed by atoms with Crippen molar-refractivity contribution in [2.75, 3.05) is 43.1 Å². The largest absolute Gasteiger partial charge is 0.494 e. The maximum absolute atomic E-state index is 13.9. The number of hydrogen-bond acceptors (Lipinski definition) is 4. The molecule has 0 radical (unpaired) electrons. The predicted molar refractivity (Wildman–Crippen MR) is 93.5 cm³/mol. The minimum atomic E-state index is -0.351. The molecule has 0 aromatic heterocycles. The molecule has 1 heterocycles. The van der Waals surface area contributed by atoms with Crippen LogP contribution in [0, 0.1) is 17.1 Å². The van der Waals surface area contributed by atoms with E-state index in [0.29, 0.717) is 10.6 Å². The summed E-state index contributed by atoms with van der Waals surface area (Å²) in [6.45, 7) is 3.17. The van der Waals surface area contributed by atoms with Gasteiger partial charge in [-0.25, -0.2) is 4.39 Å². The van der Waals surface area contributed by atoms with Crippen molar-refractivity contribution in [1.29, 1.82) is 5.26 Å². The number of halogens is 2. The molecular weight excluding hydrogens is 329 g/mol. The Kier molecular flexibility index (Phi) is 4.77. The van der Waals surface area contributed by atoms with Crippen LogP contribution in [0.2, 0.25) is 5.02 Å². The Hall–Kier alpha value is -2.45. The van der Waals surface area contributed by atoms with Crippen molar-refractivity contribution in [3.63, 3.8) is 0 Å². The highest BCUT2D eigenvalue weighted by Gasteiger charge is 2.19. The van der Waals surface area contributed by atoms with Gasteiger partial charge in [-0.05, 0) is 30.3 Å². The second kappa shape index (κ2) is 6.98. The lowest BCUT2D eigenvalue weighted by Gasteiger charge is -2.37. The minimum absolute atomic E-state index is 0.254. The lowest BCUT2D eigenvalue weighted by atomic mass is 10.1. The van der Waals surface area contributed by atoms with E-state index in [1.807, 2.05) is 18.2 Å². The van der Waals surface area contributed by atoms with Crippen LogP contribution in [-0.2, 0) is 0 Å². The molecule has 0 unspecified atom stereocenters. The van der Waals surface area contributed by atoms with Crippen molar-refractivity contribution in [2.24, 2.45) is 0 Å². The summed E-state index contributed by atoms with van der Waals surface area (Å²) in [5.41, 5.74) is 2.33. The topological polar surface area (TPSA) is 39.5 Å². The maximum atomic E-state index is 13.9. The number of piperazine rings is 1. The van der Waals surface area contributed by atoms with Gasteiger partial charge in [-0.2, -0.15) is 5.26 Å². The molecule has 0 spiro atoms. The Labute approximate surface area is 145 Å². The second-order valence-corrected chi connectivity index (χ2v) is 5.98. The summed E-state index contributed by atoms with van der Waals surface area (Å²) < 4.78 is 18.8. The molecule has 1 aliphatic rings. The number of hydrogen-bond donors (Lipinski definition) is 0. The zero-order valence-corrected chi connectivity index (χ0v) is 14.1. The van der Waals surface area contributed by atoms with Crippen molar-refractivity contribution >= 4 is 23.0 Å². The zero-order chi connectivity index (χ0) is 17.1. The number of nitriles is 1. The smallest absolute Gasteiger partial charge is 0.167 e. The van der Waals surface area contributed by atoms with Gasteiger partial charge < -0.3 is 14.5 Å². The van der Waals surface area contributed by atoms with E-state index in [2.05, 4.69) is 15.9 Å². The van der Waals surface area contributed by atoms with E-state index in [0.717, 1.165) is 37.6 Å². The van der Waals surface area contributed by atoms with Gasteiger partial charge in [0.15, 0.2) is 11.6 Å². The van der Waals surface area contributed by atoms with Crippen LogP contribution in [0.15, 0.2) is 36.4 Å². The van der Waals surface area contributed by atoms with Gasteiger partial charge in [0.1, 0.15) is 6.07 Å². The van der Waals surface area contributed by atoms with E-state index >= 15 is 0 Å².